The topological polar surface area (TPSA) is 90.3 Å². The van der Waals surface area contributed by atoms with E-state index in [9.17, 15) is 14.4 Å². The van der Waals surface area contributed by atoms with Crippen LogP contribution in [0.4, 0.5) is 0 Å². The van der Waals surface area contributed by atoms with Gasteiger partial charge in [0.2, 0.25) is 0 Å². The van der Waals surface area contributed by atoms with E-state index in [1.54, 1.807) is 41.8 Å². The van der Waals surface area contributed by atoms with Crippen LogP contribution in [0.1, 0.15) is 23.1 Å². The SMILES string of the molecule is CC(=O)Oc1ccc(C(=O)NCCn2c(C)nc3sccc3c2=O)cc1. The summed E-state index contributed by atoms with van der Waals surface area (Å²) in [5, 5.41) is 5.20. The lowest BCUT2D eigenvalue weighted by atomic mass is 10.2. The zero-order valence-corrected chi connectivity index (χ0v) is 15.1. The number of hydrogen-bond acceptors (Lipinski definition) is 6. The number of carbonyl (C=O) groups excluding carboxylic acids is 2. The highest BCUT2D eigenvalue weighted by atomic mass is 32.1. The first-order valence-electron chi connectivity index (χ1n) is 7.97. The van der Waals surface area contributed by atoms with Crippen LogP contribution in [-0.4, -0.2) is 28.0 Å². The number of esters is 1. The highest BCUT2D eigenvalue weighted by molar-refractivity contribution is 7.16. The molecule has 3 aromatic rings. The van der Waals surface area contributed by atoms with Crippen LogP contribution in [0.25, 0.3) is 10.2 Å². The third-order valence-electron chi connectivity index (χ3n) is 3.77. The smallest absolute Gasteiger partial charge is 0.308 e. The summed E-state index contributed by atoms with van der Waals surface area (Å²) >= 11 is 1.43. The van der Waals surface area contributed by atoms with Crippen LogP contribution in [-0.2, 0) is 11.3 Å². The zero-order chi connectivity index (χ0) is 18.7. The summed E-state index contributed by atoms with van der Waals surface area (Å²) in [5.41, 5.74) is 0.338. The molecule has 0 unspecified atom stereocenters. The van der Waals surface area contributed by atoms with Gasteiger partial charge in [-0.3, -0.25) is 19.0 Å². The third-order valence-corrected chi connectivity index (χ3v) is 4.58. The number of hydrogen-bond donors (Lipinski definition) is 1. The van der Waals surface area contributed by atoms with Crippen molar-refractivity contribution < 1.29 is 14.3 Å². The number of nitrogens with zero attached hydrogens (tertiary/aromatic N) is 2. The highest BCUT2D eigenvalue weighted by Gasteiger charge is 2.10. The van der Waals surface area contributed by atoms with Gasteiger partial charge in [0.05, 0.1) is 5.39 Å². The van der Waals surface area contributed by atoms with Gasteiger partial charge in [-0.15, -0.1) is 11.3 Å². The Hall–Kier alpha value is -3.00. The fourth-order valence-electron chi connectivity index (χ4n) is 2.54. The van der Waals surface area contributed by atoms with Gasteiger partial charge in [0.15, 0.2) is 0 Å². The molecule has 7 nitrogen and oxygen atoms in total. The summed E-state index contributed by atoms with van der Waals surface area (Å²) < 4.78 is 6.48. The number of nitrogens with one attached hydrogen (secondary N) is 1. The van der Waals surface area contributed by atoms with Crippen LogP contribution in [0.3, 0.4) is 0 Å². The molecule has 0 saturated carbocycles. The lowest BCUT2D eigenvalue weighted by molar-refractivity contribution is -0.131. The number of ether oxygens (including phenoxy) is 1. The van der Waals surface area contributed by atoms with Crippen molar-refractivity contribution in [3.63, 3.8) is 0 Å². The van der Waals surface area contributed by atoms with Crippen molar-refractivity contribution in [2.75, 3.05) is 6.54 Å². The molecule has 0 radical (unpaired) electrons. The molecule has 0 aliphatic carbocycles. The predicted octanol–water partition coefficient (Wildman–Crippen LogP) is 2.12. The second-order valence-corrected chi connectivity index (χ2v) is 6.52. The molecule has 0 spiro atoms. The lowest BCUT2D eigenvalue weighted by Gasteiger charge is -2.10. The maximum Gasteiger partial charge on any atom is 0.308 e. The number of rotatable bonds is 5. The molecule has 0 aliphatic heterocycles. The average Bonchev–Trinajstić information content (AvgIpc) is 3.06. The maximum absolute atomic E-state index is 12.5. The van der Waals surface area contributed by atoms with Crippen LogP contribution >= 0.6 is 11.3 Å². The molecule has 0 bridgehead atoms. The quantitative estimate of drug-likeness (QED) is 0.548. The molecule has 0 fully saturated rings. The normalized spacial score (nSPS) is 10.7. The van der Waals surface area contributed by atoms with E-state index in [1.165, 1.54) is 18.3 Å². The highest BCUT2D eigenvalue weighted by Crippen LogP contribution is 2.15. The Morgan fingerprint density at radius 3 is 2.65 bits per heavy atom. The number of thiophene rings is 1. The summed E-state index contributed by atoms with van der Waals surface area (Å²) in [6.45, 7) is 3.71. The Labute approximate surface area is 153 Å². The van der Waals surface area contributed by atoms with Gasteiger partial charge < -0.3 is 10.1 Å². The molecule has 1 amide bonds. The van der Waals surface area contributed by atoms with Gasteiger partial charge in [-0.1, -0.05) is 0 Å². The number of aryl methyl sites for hydroxylation is 1. The fraction of sp³-hybridized carbons (Fsp3) is 0.222. The number of benzene rings is 1. The van der Waals surface area contributed by atoms with Crippen LogP contribution < -0.4 is 15.6 Å². The Bertz CT molecular complexity index is 1020. The van der Waals surface area contributed by atoms with Crippen molar-refractivity contribution in [1.82, 2.24) is 14.9 Å². The second-order valence-electron chi connectivity index (χ2n) is 5.63. The largest absolute Gasteiger partial charge is 0.427 e. The molecule has 2 heterocycles. The Morgan fingerprint density at radius 2 is 1.96 bits per heavy atom. The van der Waals surface area contributed by atoms with Crippen LogP contribution in [0.15, 0.2) is 40.5 Å². The van der Waals surface area contributed by atoms with E-state index in [0.717, 1.165) is 4.83 Å². The van der Waals surface area contributed by atoms with Crippen molar-refractivity contribution in [2.24, 2.45) is 0 Å². The summed E-state index contributed by atoms with van der Waals surface area (Å²) in [4.78, 5) is 40.7. The first kappa shape index (κ1) is 17.8. The Balaban J connectivity index is 1.64. The average molecular weight is 371 g/mol. The van der Waals surface area contributed by atoms with E-state index in [2.05, 4.69) is 10.3 Å². The first-order chi connectivity index (χ1) is 12.5. The van der Waals surface area contributed by atoms with Crippen LogP contribution in [0, 0.1) is 6.92 Å². The molecular weight excluding hydrogens is 354 g/mol. The van der Waals surface area contributed by atoms with Crippen molar-refractivity contribution >= 4 is 33.4 Å². The van der Waals surface area contributed by atoms with E-state index < -0.39 is 5.97 Å². The van der Waals surface area contributed by atoms with E-state index in [4.69, 9.17) is 4.74 Å². The van der Waals surface area contributed by atoms with Gasteiger partial charge in [0.25, 0.3) is 11.5 Å². The number of carbonyl (C=O) groups is 2. The van der Waals surface area contributed by atoms with E-state index in [0.29, 0.717) is 35.6 Å². The van der Waals surface area contributed by atoms with Gasteiger partial charge in [0.1, 0.15) is 16.4 Å². The van der Waals surface area contributed by atoms with Gasteiger partial charge >= 0.3 is 5.97 Å². The van der Waals surface area contributed by atoms with Crippen molar-refractivity contribution in [3.8, 4) is 5.75 Å². The Morgan fingerprint density at radius 1 is 1.23 bits per heavy atom. The van der Waals surface area contributed by atoms with Crippen LogP contribution in [0.2, 0.25) is 0 Å². The van der Waals surface area contributed by atoms with Gasteiger partial charge in [-0.25, -0.2) is 4.98 Å². The molecule has 8 heteroatoms. The third kappa shape index (κ3) is 3.80. The molecule has 0 aliphatic rings. The molecule has 0 saturated heterocycles. The molecule has 134 valence electrons. The van der Waals surface area contributed by atoms with Gasteiger partial charge in [-0.2, -0.15) is 0 Å². The minimum atomic E-state index is -0.417. The number of aromatic nitrogens is 2. The monoisotopic (exact) mass is 371 g/mol. The lowest BCUT2D eigenvalue weighted by Crippen LogP contribution is -2.32. The summed E-state index contributed by atoms with van der Waals surface area (Å²) in [7, 11) is 0. The molecule has 1 aromatic carbocycles. The first-order valence-corrected chi connectivity index (χ1v) is 8.85. The molecule has 2 aromatic heterocycles. The fourth-order valence-corrected chi connectivity index (χ4v) is 3.34. The minimum absolute atomic E-state index is 0.103. The van der Waals surface area contributed by atoms with E-state index >= 15 is 0 Å². The Kier molecular flexibility index (Phi) is 5.13. The second kappa shape index (κ2) is 7.49. The van der Waals surface area contributed by atoms with Crippen molar-refractivity contribution in [2.45, 2.75) is 20.4 Å². The zero-order valence-electron chi connectivity index (χ0n) is 14.3. The standard InChI is InChI=1S/C18H17N3O4S/c1-11-20-17-15(7-10-26-17)18(24)21(11)9-8-19-16(23)13-3-5-14(6-4-13)25-12(2)22/h3-7,10H,8-9H2,1-2H3,(H,19,23). The summed E-state index contributed by atoms with van der Waals surface area (Å²) in [5.74, 6) is 0.310. The molecular formula is C18H17N3O4S. The summed E-state index contributed by atoms with van der Waals surface area (Å²) in [6.07, 6.45) is 0. The number of fused-ring (bicyclic) bond motifs is 1. The van der Waals surface area contributed by atoms with E-state index in [1.807, 2.05) is 5.38 Å². The minimum Gasteiger partial charge on any atom is -0.427 e. The molecule has 0 atom stereocenters. The van der Waals surface area contributed by atoms with Gasteiger partial charge in [0, 0.05) is 25.6 Å². The number of amides is 1. The predicted molar refractivity (Wildman–Crippen MR) is 98.7 cm³/mol. The van der Waals surface area contributed by atoms with Gasteiger partial charge in [-0.05, 0) is 42.6 Å². The molecule has 1 N–H and O–H groups in total. The van der Waals surface area contributed by atoms with Crippen molar-refractivity contribution in [3.05, 3.63) is 57.5 Å². The van der Waals surface area contributed by atoms with Crippen molar-refractivity contribution in [1.29, 1.82) is 0 Å². The summed E-state index contributed by atoms with van der Waals surface area (Å²) in [6, 6.07) is 8.02. The maximum atomic E-state index is 12.5. The molecule has 26 heavy (non-hydrogen) atoms. The van der Waals surface area contributed by atoms with E-state index in [-0.39, 0.29) is 11.5 Å². The molecule has 3 rings (SSSR count). The van der Waals surface area contributed by atoms with Crippen LogP contribution in [0.5, 0.6) is 5.75 Å².